The van der Waals surface area contributed by atoms with E-state index in [4.69, 9.17) is 17.5 Å². The van der Waals surface area contributed by atoms with Crippen molar-refractivity contribution < 1.29 is 81.7 Å². The minimum Gasteiger partial charge on any atom is -0.759 e. The van der Waals surface area contributed by atoms with E-state index >= 15 is 0 Å². The molecule has 0 aliphatic rings. The third-order valence-corrected chi connectivity index (χ3v) is 7.69. The van der Waals surface area contributed by atoms with Crippen molar-refractivity contribution in [3.8, 4) is 0 Å². The molecule has 1 atom stereocenters. The van der Waals surface area contributed by atoms with Crippen LogP contribution in [-0.2, 0) is 10.4 Å². The molecule has 0 amide bonds. The van der Waals surface area contributed by atoms with Gasteiger partial charge in [0.15, 0.2) is 0 Å². The third-order valence-electron chi connectivity index (χ3n) is 7.69. The van der Waals surface area contributed by atoms with Gasteiger partial charge < -0.3 is 14.2 Å². The summed E-state index contributed by atoms with van der Waals surface area (Å²) in [5, 5.41) is 10.2. The Hall–Kier alpha value is 1.57. The molecule has 0 saturated heterocycles. The van der Waals surface area contributed by atoms with E-state index in [2.05, 4.69) is 26.0 Å². The summed E-state index contributed by atoms with van der Waals surface area (Å²) in [6.07, 6.45) is 44.0. The van der Waals surface area contributed by atoms with Crippen molar-refractivity contribution in [2.24, 2.45) is 0 Å². The number of allylic oxidation sites excluding steroid dienone is 2. The monoisotopic (exact) mass is 634 g/mol. The largest absolute Gasteiger partial charge is 1.00 e. The fourth-order valence-electron chi connectivity index (χ4n) is 5.17. The van der Waals surface area contributed by atoms with Crippen LogP contribution < -0.4 is 59.1 Å². The average molecular weight is 635 g/mol. The van der Waals surface area contributed by atoms with Gasteiger partial charge in [0.1, 0.15) is 0 Å². The molecule has 8 heteroatoms. The maximum Gasteiger partial charge on any atom is 1.00 e. The molecule has 42 heavy (non-hydrogen) atoms. The maximum atomic E-state index is 10.2. The Bertz CT molecular complexity index is 595. The molecule has 0 aromatic carbocycles. The summed E-state index contributed by atoms with van der Waals surface area (Å²) < 4.78 is 34.1. The minimum atomic E-state index is -5.17. The predicted molar refractivity (Wildman–Crippen MR) is 171 cm³/mol. The number of hydrogen-bond acceptors (Lipinski definition) is 5. The zero-order valence-corrected chi connectivity index (χ0v) is 33.5. The van der Waals surface area contributed by atoms with Crippen molar-refractivity contribution in [3.05, 3.63) is 12.2 Å². The van der Waals surface area contributed by atoms with Crippen LogP contribution in [-0.4, -0.2) is 28.7 Å². The Morgan fingerprint density at radius 2 is 0.690 bits per heavy atom. The molecular weight excluding hydrogens is 566 g/mol. The Morgan fingerprint density at radius 1 is 0.476 bits per heavy atom. The predicted octanol–water partition coefficient (Wildman–Crippen LogP) is 4.93. The van der Waals surface area contributed by atoms with Crippen molar-refractivity contribution in [3.63, 3.8) is 0 Å². The van der Waals surface area contributed by atoms with E-state index < -0.39 is 10.4 Å². The van der Waals surface area contributed by atoms with Crippen LogP contribution in [0.2, 0.25) is 0 Å². The Balaban J connectivity index is -0.000000943. The van der Waals surface area contributed by atoms with Gasteiger partial charge in [-0.3, -0.25) is 8.42 Å². The zero-order chi connectivity index (χ0) is 30.0. The molecule has 0 saturated carbocycles. The summed E-state index contributed by atoms with van der Waals surface area (Å²) in [5.74, 6) is 0. The average Bonchev–Trinajstić information content (AvgIpc) is 2.90. The SMILES string of the molecule is CCCCCCCC/C=C\CCCCCCCCC(O)CCCCCCCCCCCCCCC.O=S(=O)([O-])[O-].[Na+].[Na+]. The quantitative estimate of drug-likeness (QED) is 0.0397. The molecule has 0 bridgehead atoms. The Morgan fingerprint density at radius 3 is 0.952 bits per heavy atom. The molecule has 242 valence electrons. The summed E-state index contributed by atoms with van der Waals surface area (Å²) in [4.78, 5) is 0. The molecule has 1 unspecified atom stereocenters. The second kappa shape index (κ2) is 42.6. The first-order valence-electron chi connectivity index (χ1n) is 17.3. The molecule has 1 N–H and O–H groups in total. The van der Waals surface area contributed by atoms with E-state index in [-0.39, 0.29) is 65.2 Å². The molecule has 0 aliphatic carbocycles. The first-order chi connectivity index (χ1) is 19.3. The van der Waals surface area contributed by atoms with Gasteiger partial charge in [0, 0.05) is 10.4 Å². The van der Waals surface area contributed by atoms with Gasteiger partial charge in [-0.25, -0.2) is 0 Å². The van der Waals surface area contributed by atoms with Crippen LogP contribution in [0.3, 0.4) is 0 Å². The molecule has 5 nitrogen and oxygen atoms in total. The van der Waals surface area contributed by atoms with E-state index in [0.29, 0.717) is 0 Å². The number of rotatable bonds is 30. The van der Waals surface area contributed by atoms with Crippen molar-refractivity contribution in [2.75, 3.05) is 0 Å². The van der Waals surface area contributed by atoms with Gasteiger partial charge in [0.25, 0.3) is 0 Å². The molecule has 0 radical (unpaired) electrons. The van der Waals surface area contributed by atoms with E-state index in [1.165, 1.54) is 173 Å². The molecular formula is C34H68Na2O5S. The number of aliphatic hydroxyl groups is 1. The van der Waals surface area contributed by atoms with Crippen LogP contribution in [0.5, 0.6) is 0 Å². The molecule has 0 rings (SSSR count). The van der Waals surface area contributed by atoms with Crippen LogP contribution in [0.1, 0.15) is 200 Å². The fraction of sp³-hybridized carbons (Fsp3) is 0.941. The van der Waals surface area contributed by atoms with Gasteiger partial charge in [-0.1, -0.05) is 174 Å². The second-order valence-corrected chi connectivity index (χ2v) is 12.6. The van der Waals surface area contributed by atoms with Crippen LogP contribution in [0.15, 0.2) is 12.2 Å². The number of unbranched alkanes of at least 4 members (excludes halogenated alkanes) is 24. The molecule has 0 heterocycles. The Kier molecular flexibility index (Phi) is 51.1. The summed E-state index contributed by atoms with van der Waals surface area (Å²) in [6.45, 7) is 4.58. The van der Waals surface area contributed by atoms with Crippen LogP contribution in [0.25, 0.3) is 0 Å². The standard InChI is InChI=1S/C34H68O.2Na.H2O4S/c1-3-5-7-9-11-13-15-17-18-19-21-23-25-27-29-31-33-34(35)32-30-28-26-24-22-20-16-14-12-10-8-6-4-2;;;1-5(2,3)4/h17-18,34-35H,3-16,19-33H2,1-2H3;;;(H2,1,2,3,4)/q;2*+1;/p-2/b18-17-;;;. The van der Waals surface area contributed by atoms with Gasteiger partial charge in [0.2, 0.25) is 0 Å². The first-order valence-corrected chi connectivity index (χ1v) is 18.6. The molecule has 0 aromatic rings. The van der Waals surface area contributed by atoms with Gasteiger partial charge >= 0.3 is 59.1 Å². The topological polar surface area (TPSA) is 100 Å². The van der Waals surface area contributed by atoms with Gasteiger partial charge in [-0.05, 0) is 38.5 Å². The fourth-order valence-corrected chi connectivity index (χ4v) is 5.17. The number of hydrogen-bond donors (Lipinski definition) is 1. The van der Waals surface area contributed by atoms with Crippen LogP contribution in [0.4, 0.5) is 0 Å². The van der Waals surface area contributed by atoms with Gasteiger partial charge in [0.05, 0.1) is 6.10 Å². The molecule has 0 aromatic heterocycles. The van der Waals surface area contributed by atoms with E-state index in [0.717, 1.165) is 12.8 Å². The first kappa shape index (κ1) is 50.4. The van der Waals surface area contributed by atoms with Crippen molar-refractivity contribution >= 4 is 10.4 Å². The van der Waals surface area contributed by atoms with Gasteiger partial charge in [-0.2, -0.15) is 0 Å². The van der Waals surface area contributed by atoms with E-state index in [1.807, 2.05) is 0 Å². The summed E-state index contributed by atoms with van der Waals surface area (Å²) >= 11 is 0. The second-order valence-electron chi connectivity index (χ2n) is 11.8. The molecule has 0 spiro atoms. The van der Waals surface area contributed by atoms with Crippen molar-refractivity contribution in [1.82, 2.24) is 0 Å². The molecule has 0 aliphatic heterocycles. The van der Waals surface area contributed by atoms with E-state index in [1.54, 1.807) is 0 Å². The third kappa shape index (κ3) is 57.3. The van der Waals surface area contributed by atoms with Crippen LogP contribution in [0, 0.1) is 0 Å². The summed E-state index contributed by atoms with van der Waals surface area (Å²) in [7, 11) is -5.17. The van der Waals surface area contributed by atoms with E-state index in [9.17, 15) is 5.11 Å². The minimum absolute atomic E-state index is 0. The van der Waals surface area contributed by atoms with Crippen molar-refractivity contribution in [2.45, 2.75) is 206 Å². The van der Waals surface area contributed by atoms with Crippen molar-refractivity contribution in [1.29, 1.82) is 0 Å². The Labute approximate surface area is 307 Å². The summed E-state index contributed by atoms with van der Waals surface area (Å²) in [6, 6.07) is 0. The zero-order valence-electron chi connectivity index (χ0n) is 28.7. The smallest absolute Gasteiger partial charge is 0.759 e. The molecule has 0 fully saturated rings. The maximum absolute atomic E-state index is 10.2. The normalized spacial score (nSPS) is 11.9. The number of aliphatic hydroxyl groups excluding tert-OH is 1. The van der Waals surface area contributed by atoms with Gasteiger partial charge in [-0.15, -0.1) is 0 Å². The summed E-state index contributed by atoms with van der Waals surface area (Å²) in [5.41, 5.74) is 0. The van der Waals surface area contributed by atoms with Crippen LogP contribution >= 0.6 is 0 Å².